The molecule has 7 nitrogen and oxygen atoms in total. The van der Waals surface area contributed by atoms with Gasteiger partial charge in [-0.1, -0.05) is 0 Å². The van der Waals surface area contributed by atoms with E-state index in [0.29, 0.717) is 11.6 Å². The van der Waals surface area contributed by atoms with E-state index >= 15 is 0 Å². The molecule has 0 radical (unpaired) electrons. The van der Waals surface area contributed by atoms with Crippen LogP contribution < -0.4 is 16.0 Å². The van der Waals surface area contributed by atoms with Gasteiger partial charge in [-0.05, 0) is 12.1 Å². The molecule has 1 aromatic carbocycles. The van der Waals surface area contributed by atoms with Crippen LogP contribution in [-0.2, 0) is 9.59 Å². The molecule has 132 valence electrons. The van der Waals surface area contributed by atoms with Crippen LogP contribution in [0.1, 0.15) is 23.7 Å². The second-order valence-corrected chi connectivity index (χ2v) is 5.06. The first-order chi connectivity index (χ1) is 11.9. The maximum atomic E-state index is 13.7. The monoisotopic (exact) mass is 351 g/mol. The molecule has 0 atom stereocenters. The van der Waals surface area contributed by atoms with Crippen LogP contribution >= 0.6 is 0 Å². The van der Waals surface area contributed by atoms with Crippen molar-refractivity contribution < 1.29 is 27.6 Å². The van der Waals surface area contributed by atoms with E-state index in [4.69, 9.17) is 4.42 Å². The van der Waals surface area contributed by atoms with E-state index in [-0.39, 0.29) is 24.3 Å². The van der Waals surface area contributed by atoms with Crippen molar-refractivity contribution in [2.24, 2.45) is 0 Å². The van der Waals surface area contributed by atoms with Crippen molar-refractivity contribution in [1.29, 1.82) is 0 Å². The van der Waals surface area contributed by atoms with Gasteiger partial charge in [0.25, 0.3) is 5.91 Å². The normalized spacial score (nSPS) is 10.2. The first kappa shape index (κ1) is 18.1. The zero-order valence-electron chi connectivity index (χ0n) is 13.2. The zero-order valence-corrected chi connectivity index (χ0v) is 13.2. The Hall–Kier alpha value is -3.23. The summed E-state index contributed by atoms with van der Waals surface area (Å²) in [6.45, 7) is 1.18. The Balaban J connectivity index is 1.91. The number of furan rings is 1. The highest BCUT2D eigenvalue weighted by Crippen LogP contribution is 2.23. The van der Waals surface area contributed by atoms with Gasteiger partial charge in [0.15, 0.2) is 0 Å². The maximum absolute atomic E-state index is 13.7. The van der Waals surface area contributed by atoms with Gasteiger partial charge in [0.1, 0.15) is 17.9 Å². The van der Waals surface area contributed by atoms with Crippen molar-refractivity contribution in [2.75, 3.05) is 17.2 Å². The van der Waals surface area contributed by atoms with Gasteiger partial charge >= 0.3 is 0 Å². The van der Waals surface area contributed by atoms with Crippen LogP contribution in [0.2, 0.25) is 0 Å². The molecule has 2 aromatic rings. The maximum Gasteiger partial charge on any atom is 0.254 e. The molecule has 0 spiro atoms. The van der Waals surface area contributed by atoms with E-state index in [9.17, 15) is 23.2 Å². The summed E-state index contributed by atoms with van der Waals surface area (Å²) in [5.74, 6) is -3.49. The van der Waals surface area contributed by atoms with Crippen molar-refractivity contribution in [2.45, 2.75) is 13.3 Å². The smallest absolute Gasteiger partial charge is 0.254 e. The number of hydrogen-bond donors (Lipinski definition) is 3. The first-order valence-corrected chi connectivity index (χ1v) is 7.23. The summed E-state index contributed by atoms with van der Waals surface area (Å²) >= 11 is 0. The summed E-state index contributed by atoms with van der Waals surface area (Å²) in [6, 6.07) is 3.00. The third kappa shape index (κ3) is 5.13. The summed E-state index contributed by atoms with van der Waals surface area (Å²) in [7, 11) is 0. The van der Waals surface area contributed by atoms with Crippen molar-refractivity contribution >= 4 is 29.1 Å². The Morgan fingerprint density at radius 3 is 2.36 bits per heavy atom. The van der Waals surface area contributed by atoms with Crippen molar-refractivity contribution in [3.8, 4) is 0 Å². The lowest BCUT2D eigenvalue weighted by Crippen LogP contribution is -2.27. The molecular weight excluding hydrogens is 336 g/mol. The number of amides is 3. The average Bonchev–Trinajstić information content (AvgIpc) is 3.06. The van der Waals surface area contributed by atoms with Crippen LogP contribution in [0.3, 0.4) is 0 Å². The minimum atomic E-state index is -0.984. The predicted molar refractivity (Wildman–Crippen MR) is 84.9 cm³/mol. The lowest BCUT2D eigenvalue weighted by molar-refractivity contribution is -0.116. The molecule has 3 N–H and O–H groups in total. The number of halogens is 2. The largest absolute Gasteiger partial charge is 0.472 e. The van der Waals surface area contributed by atoms with Gasteiger partial charge in [-0.15, -0.1) is 0 Å². The molecule has 0 unspecified atom stereocenters. The van der Waals surface area contributed by atoms with E-state index in [1.807, 2.05) is 0 Å². The quantitative estimate of drug-likeness (QED) is 0.743. The summed E-state index contributed by atoms with van der Waals surface area (Å²) in [6.07, 6.45) is 2.47. The molecule has 0 bridgehead atoms. The highest BCUT2D eigenvalue weighted by atomic mass is 19.1. The average molecular weight is 351 g/mol. The molecule has 0 aliphatic rings. The molecule has 9 heteroatoms. The van der Waals surface area contributed by atoms with Gasteiger partial charge in [0.05, 0.1) is 23.2 Å². The van der Waals surface area contributed by atoms with Crippen LogP contribution in [0.15, 0.2) is 35.1 Å². The lowest BCUT2D eigenvalue weighted by atomic mass is 10.2. The number of carbonyl (C=O) groups is 3. The van der Waals surface area contributed by atoms with Crippen LogP contribution in [0.25, 0.3) is 0 Å². The summed E-state index contributed by atoms with van der Waals surface area (Å²) in [4.78, 5) is 34.4. The molecule has 3 amide bonds. The van der Waals surface area contributed by atoms with E-state index in [1.54, 1.807) is 0 Å². The second kappa shape index (κ2) is 8.04. The summed E-state index contributed by atoms with van der Waals surface area (Å²) in [5, 5.41) is 6.94. The lowest BCUT2D eigenvalue weighted by Gasteiger charge is -2.10. The standard InChI is InChI=1S/C16H15F2N3O4/c1-9(22)20-13-7-14(12(18)6-11(13)17)21-15(23)2-4-19-16(24)10-3-5-25-8-10/h3,5-8H,2,4H2,1H3,(H,19,24)(H,20,22)(H,21,23). The number of rotatable bonds is 6. The van der Waals surface area contributed by atoms with Crippen LogP contribution in [-0.4, -0.2) is 24.3 Å². The van der Waals surface area contributed by atoms with E-state index in [1.165, 1.54) is 25.5 Å². The summed E-state index contributed by atoms with van der Waals surface area (Å²) < 4.78 is 32.0. The molecule has 25 heavy (non-hydrogen) atoms. The minimum Gasteiger partial charge on any atom is -0.472 e. The van der Waals surface area contributed by atoms with Gasteiger partial charge in [-0.3, -0.25) is 14.4 Å². The number of carbonyl (C=O) groups excluding carboxylic acids is 3. The zero-order chi connectivity index (χ0) is 18.4. The molecule has 0 saturated heterocycles. The molecule has 2 rings (SSSR count). The molecular formula is C16H15F2N3O4. The minimum absolute atomic E-state index is 0.0111. The van der Waals surface area contributed by atoms with Gasteiger partial charge in [0.2, 0.25) is 11.8 Å². The molecule has 1 aromatic heterocycles. The summed E-state index contributed by atoms with van der Waals surface area (Å²) in [5.41, 5.74) is -0.223. The van der Waals surface area contributed by atoms with Crippen LogP contribution in [0, 0.1) is 11.6 Å². The van der Waals surface area contributed by atoms with E-state index in [2.05, 4.69) is 16.0 Å². The fourth-order valence-corrected chi connectivity index (χ4v) is 1.93. The molecule has 0 fully saturated rings. The molecule has 0 aliphatic heterocycles. The number of nitrogens with one attached hydrogen (secondary N) is 3. The second-order valence-electron chi connectivity index (χ2n) is 5.06. The van der Waals surface area contributed by atoms with Gasteiger partial charge in [-0.2, -0.15) is 0 Å². The molecule has 1 heterocycles. The van der Waals surface area contributed by atoms with Crippen LogP contribution in [0.4, 0.5) is 20.2 Å². The molecule has 0 aliphatic carbocycles. The van der Waals surface area contributed by atoms with Gasteiger partial charge in [0, 0.05) is 26.0 Å². The Labute approximate surface area is 141 Å². The van der Waals surface area contributed by atoms with Crippen molar-refractivity contribution in [3.05, 3.63) is 47.9 Å². The Kier molecular flexibility index (Phi) is 5.83. The number of hydrogen-bond acceptors (Lipinski definition) is 4. The fraction of sp³-hybridized carbons (Fsp3) is 0.188. The number of benzene rings is 1. The molecule has 0 saturated carbocycles. The van der Waals surface area contributed by atoms with Gasteiger partial charge < -0.3 is 20.4 Å². The fourth-order valence-electron chi connectivity index (χ4n) is 1.93. The van der Waals surface area contributed by atoms with Crippen LogP contribution in [0.5, 0.6) is 0 Å². The Bertz CT molecular complexity index is 791. The van der Waals surface area contributed by atoms with Crippen molar-refractivity contribution in [3.63, 3.8) is 0 Å². The van der Waals surface area contributed by atoms with E-state index < -0.39 is 29.4 Å². The third-order valence-corrected chi connectivity index (χ3v) is 3.06. The Morgan fingerprint density at radius 2 is 1.76 bits per heavy atom. The predicted octanol–water partition coefficient (Wildman–Crippen LogP) is 2.27. The third-order valence-electron chi connectivity index (χ3n) is 3.06. The SMILES string of the molecule is CC(=O)Nc1cc(NC(=O)CCNC(=O)c2ccoc2)c(F)cc1F. The topological polar surface area (TPSA) is 100 Å². The van der Waals surface area contributed by atoms with E-state index in [0.717, 1.165) is 6.07 Å². The highest BCUT2D eigenvalue weighted by molar-refractivity contribution is 5.95. The first-order valence-electron chi connectivity index (χ1n) is 7.23. The number of anilines is 2. The van der Waals surface area contributed by atoms with Gasteiger partial charge in [-0.25, -0.2) is 8.78 Å². The Morgan fingerprint density at radius 1 is 1.08 bits per heavy atom. The highest BCUT2D eigenvalue weighted by Gasteiger charge is 2.14. The van der Waals surface area contributed by atoms with Crippen molar-refractivity contribution in [1.82, 2.24) is 5.32 Å².